The molecule has 1 aromatic rings. The van der Waals surface area contributed by atoms with Crippen molar-refractivity contribution in [2.24, 2.45) is 0 Å². The number of nitrogens with zero attached hydrogens (tertiary/aromatic N) is 1. The van der Waals surface area contributed by atoms with Gasteiger partial charge in [-0.1, -0.05) is 25.1 Å². The summed E-state index contributed by atoms with van der Waals surface area (Å²) >= 11 is 0. The smallest absolute Gasteiger partial charge is 0.361 e. The lowest BCUT2D eigenvalue weighted by atomic mass is 9.96. The Morgan fingerprint density at radius 1 is 1.24 bits per heavy atom. The number of benzene rings is 1. The van der Waals surface area contributed by atoms with Crippen LogP contribution in [0.15, 0.2) is 18.2 Å². The number of carbonyl (C=O) groups is 2. The number of quaternary nitrogens is 1. The summed E-state index contributed by atoms with van der Waals surface area (Å²) in [5.74, 6) is -0.213. The zero-order chi connectivity index (χ0) is 18.4. The van der Waals surface area contributed by atoms with Crippen LogP contribution in [-0.2, 0) is 14.3 Å². The Morgan fingerprint density at radius 2 is 1.92 bits per heavy atom. The van der Waals surface area contributed by atoms with Crippen LogP contribution in [0.5, 0.6) is 0 Å². The maximum atomic E-state index is 13.2. The molecular weight excluding hydrogens is 316 g/mol. The monoisotopic (exact) mass is 347 g/mol. The molecule has 0 radical (unpaired) electrons. The molecule has 5 nitrogen and oxygen atoms in total. The average molecular weight is 347 g/mol. The Kier molecular flexibility index (Phi) is 6.59. The highest BCUT2D eigenvalue weighted by molar-refractivity contribution is 5.95. The maximum Gasteiger partial charge on any atom is 0.361 e. The van der Waals surface area contributed by atoms with Gasteiger partial charge in [0.1, 0.15) is 0 Å². The molecule has 1 fully saturated rings. The minimum Gasteiger partial charge on any atom is -0.465 e. The van der Waals surface area contributed by atoms with Crippen molar-refractivity contribution in [1.29, 1.82) is 0 Å². The summed E-state index contributed by atoms with van der Waals surface area (Å²) in [7, 11) is 1.42. The van der Waals surface area contributed by atoms with Crippen LogP contribution < -0.4 is 5.32 Å². The van der Waals surface area contributed by atoms with Crippen molar-refractivity contribution in [3.8, 4) is 0 Å². The third-order valence-electron chi connectivity index (χ3n) is 5.36. The van der Waals surface area contributed by atoms with Gasteiger partial charge in [-0.05, 0) is 44.2 Å². The summed E-state index contributed by atoms with van der Waals surface area (Å²) in [6.45, 7) is 8.06. The molecule has 0 bridgehead atoms. The van der Waals surface area contributed by atoms with Gasteiger partial charge >= 0.3 is 5.97 Å². The van der Waals surface area contributed by atoms with E-state index < -0.39 is 0 Å². The van der Waals surface area contributed by atoms with Crippen LogP contribution in [0.2, 0.25) is 0 Å². The number of hydrogen-bond acceptors (Lipinski definition) is 3. The summed E-state index contributed by atoms with van der Waals surface area (Å²) in [5, 5.41) is 3.15. The summed E-state index contributed by atoms with van der Waals surface area (Å²) in [6.07, 6.45) is 3.82. The number of hydrogen-bond donors (Lipinski definition) is 1. The molecule has 2 rings (SSSR count). The first-order valence-corrected chi connectivity index (χ1v) is 9.23. The molecule has 2 atom stereocenters. The van der Waals surface area contributed by atoms with Crippen LogP contribution in [0.3, 0.4) is 0 Å². The maximum absolute atomic E-state index is 13.2. The number of esters is 1. The van der Waals surface area contributed by atoms with E-state index in [0.717, 1.165) is 55.6 Å². The zero-order valence-corrected chi connectivity index (χ0v) is 15.9. The molecular formula is C20H31N2O3+. The fourth-order valence-corrected chi connectivity index (χ4v) is 4.09. The Hall–Kier alpha value is -1.88. The van der Waals surface area contributed by atoms with E-state index in [0.29, 0.717) is 4.48 Å². The van der Waals surface area contributed by atoms with Crippen molar-refractivity contribution in [1.82, 2.24) is 0 Å². The van der Waals surface area contributed by atoms with E-state index in [1.54, 1.807) is 0 Å². The number of carbonyl (C=O) groups excluding carboxylic acids is 2. The molecule has 1 N–H and O–H groups in total. The molecule has 25 heavy (non-hydrogen) atoms. The Morgan fingerprint density at radius 3 is 2.52 bits per heavy atom. The molecule has 1 amide bonds. The summed E-state index contributed by atoms with van der Waals surface area (Å²) in [6, 6.07) is 5.81. The molecule has 0 unspecified atom stereocenters. The normalized spacial score (nSPS) is 23.1. The highest BCUT2D eigenvalue weighted by atomic mass is 16.5. The number of rotatable bonds is 6. The lowest BCUT2D eigenvalue weighted by Crippen LogP contribution is -2.64. The second kappa shape index (κ2) is 8.48. The van der Waals surface area contributed by atoms with E-state index in [2.05, 4.69) is 12.2 Å². The summed E-state index contributed by atoms with van der Waals surface area (Å²) in [5.41, 5.74) is 3.02. The van der Waals surface area contributed by atoms with Crippen LogP contribution >= 0.6 is 0 Å². The van der Waals surface area contributed by atoms with Gasteiger partial charge in [0.25, 0.3) is 5.91 Å². The predicted molar refractivity (Wildman–Crippen MR) is 99.4 cm³/mol. The van der Waals surface area contributed by atoms with E-state index in [-0.39, 0.29) is 24.5 Å². The number of aryl methyl sites for hydroxylation is 2. The van der Waals surface area contributed by atoms with Crippen molar-refractivity contribution in [2.45, 2.75) is 52.5 Å². The van der Waals surface area contributed by atoms with Crippen molar-refractivity contribution in [2.75, 3.05) is 32.1 Å². The molecule has 0 aromatic heterocycles. The molecule has 0 aliphatic carbocycles. The van der Waals surface area contributed by atoms with E-state index in [4.69, 9.17) is 4.74 Å². The largest absolute Gasteiger partial charge is 0.465 e. The Bertz CT molecular complexity index is 605. The first-order valence-electron chi connectivity index (χ1n) is 9.23. The van der Waals surface area contributed by atoms with Crippen LogP contribution in [0.4, 0.5) is 5.69 Å². The third kappa shape index (κ3) is 4.40. The molecule has 1 aliphatic rings. The third-order valence-corrected chi connectivity index (χ3v) is 5.36. The summed E-state index contributed by atoms with van der Waals surface area (Å²) in [4.78, 5) is 25.2. The van der Waals surface area contributed by atoms with E-state index in [9.17, 15) is 9.59 Å². The van der Waals surface area contributed by atoms with Gasteiger partial charge in [0.2, 0.25) is 0 Å². The molecule has 138 valence electrons. The SMILES string of the molecule is CCC[N@+]1(CC(=O)OC)CCCC[C@H]1C(=O)Nc1c(C)cccc1C. The molecule has 1 heterocycles. The number of amides is 1. The van der Waals surface area contributed by atoms with Gasteiger partial charge < -0.3 is 14.5 Å². The number of anilines is 1. The number of nitrogens with one attached hydrogen (secondary N) is 1. The average Bonchev–Trinajstić information content (AvgIpc) is 2.58. The van der Waals surface area contributed by atoms with Crippen molar-refractivity contribution in [3.05, 3.63) is 29.3 Å². The fraction of sp³-hybridized carbons (Fsp3) is 0.600. The van der Waals surface area contributed by atoms with Gasteiger partial charge in [-0.25, -0.2) is 4.79 Å². The highest BCUT2D eigenvalue weighted by Crippen LogP contribution is 2.29. The minimum atomic E-state index is -0.236. The number of para-hydroxylation sites is 1. The quantitative estimate of drug-likeness (QED) is 0.635. The van der Waals surface area contributed by atoms with Gasteiger partial charge in [-0.2, -0.15) is 0 Å². The van der Waals surface area contributed by atoms with E-state index in [1.165, 1.54) is 7.11 Å². The van der Waals surface area contributed by atoms with Crippen molar-refractivity contribution >= 4 is 17.6 Å². The Balaban J connectivity index is 2.28. The van der Waals surface area contributed by atoms with Gasteiger partial charge in [0.15, 0.2) is 12.6 Å². The second-order valence-corrected chi connectivity index (χ2v) is 7.17. The van der Waals surface area contributed by atoms with Crippen molar-refractivity contribution in [3.63, 3.8) is 0 Å². The van der Waals surface area contributed by atoms with Crippen LogP contribution in [-0.4, -0.2) is 49.1 Å². The fourth-order valence-electron chi connectivity index (χ4n) is 4.09. The first kappa shape index (κ1) is 19.4. The van der Waals surface area contributed by atoms with Crippen LogP contribution in [0.25, 0.3) is 0 Å². The number of ether oxygens (including phenoxy) is 1. The molecule has 0 spiro atoms. The van der Waals surface area contributed by atoms with Gasteiger partial charge in [-0.3, -0.25) is 4.79 Å². The minimum absolute atomic E-state index is 0.0226. The molecule has 5 heteroatoms. The standard InChI is InChI=1S/C20H30N2O3/c1-5-12-22(14-18(23)25-4)13-7-6-11-17(22)20(24)21-19-15(2)9-8-10-16(19)3/h8-10,17H,5-7,11-14H2,1-4H3/p+1/t17-,22+/m0/s1. The zero-order valence-electron chi connectivity index (χ0n) is 15.9. The summed E-state index contributed by atoms with van der Waals surface area (Å²) < 4.78 is 5.44. The molecule has 0 saturated carbocycles. The highest BCUT2D eigenvalue weighted by Gasteiger charge is 2.45. The van der Waals surface area contributed by atoms with Crippen LogP contribution in [0, 0.1) is 13.8 Å². The first-order chi connectivity index (χ1) is 11.9. The van der Waals surface area contributed by atoms with Gasteiger partial charge in [0.05, 0.1) is 20.2 Å². The number of methoxy groups -OCH3 is 1. The van der Waals surface area contributed by atoms with Crippen LogP contribution in [0.1, 0.15) is 43.7 Å². The second-order valence-electron chi connectivity index (χ2n) is 7.17. The lowest BCUT2D eigenvalue weighted by Gasteiger charge is -2.46. The molecule has 1 aromatic carbocycles. The Labute approximate surface area is 150 Å². The topological polar surface area (TPSA) is 55.4 Å². The predicted octanol–water partition coefficient (Wildman–Crippen LogP) is 3.19. The van der Waals surface area contributed by atoms with E-state index in [1.807, 2.05) is 32.0 Å². The molecule has 1 aliphatic heterocycles. The number of piperidine rings is 1. The van der Waals surface area contributed by atoms with Gasteiger partial charge in [-0.15, -0.1) is 0 Å². The van der Waals surface area contributed by atoms with Gasteiger partial charge in [0, 0.05) is 12.1 Å². The van der Waals surface area contributed by atoms with E-state index >= 15 is 0 Å². The lowest BCUT2D eigenvalue weighted by molar-refractivity contribution is -0.940. The molecule has 1 saturated heterocycles. The number of likely N-dealkylation sites (tertiary alicyclic amines) is 1. The van der Waals surface area contributed by atoms with Crippen molar-refractivity contribution < 1.29 is 18.8 Å².